The lowest BCUT2D eigenvalue weighted by Gasteiger charge is -2.45. The average molecular weight is 543 g/mol. The fourth-order valence-electron chi connectivity index (χ4n) is 6.55. The molecule has 0 amide bonds. The normalized spacial score (nSPS) is 19.0. The van der Waals surface area contributed by atoms with E-state index in [1.807, 2.05) is 6.08 Å². The predicted octanol–water partition coefficient (Wildman–Crippen LogP) is 10.6. The molecule has 3 atom stereocenters. The molecule has 1 N–H and O–H groups in total. The Morgan fingerprint density at radius 2 is 1.59 bits per heavy atom. The fourth-order valence-corrected chi connectivity index (χ4v) is 6.55. The molecule has 6 rings (SSSR count). The molecule has 0 saturated heterocycles. The smallest absolute Gasteiger partial charge is 0.145 e. The fraction of sp³-hybridized carbons (Fsp3) is 0.342. The van der Waals surface area contributed by atoms with Gasteiger partial charge < -0.3 is 9.73 Å². The first-order valence-corrected chi connectivity index (χ1v) is 15.0. The summed E-state index contributed by atoms with van der Waals surface area (Å²) < 4.78 is 6.92. The predicted molar refractivity (Wildman–Crippen MR) is 178 cm³/mol. The van der Waals surface area contributed by atoms with E-state index in [0.717, 1.165) is 34.1 Å². The van der Waals surface area contributed by atoms with E-state index in [1.165, 1.54) is 32.7 Å². The zero-order chi connectivity index (χ0) is 29.1. The third-order valence-corrected chi connectivity index (χ3v) is 10.0. The van der Waals surface area contributed by atoms with E-state index < -0.39 is 0 Å². The van der Waals surface area contributed by atoms with Gasteiger partial charge in [-0.15, -0.1) is 6.58 Å². The number of rotatable bonds is 7. The Bertz CT molecular complexity index is 1870. The van der Waals surface area contributed by atoms with Crippen LogP contribution in [0.3, 0.4) is 0 Å². The van der Waals surface area contributed by atoms with Gasteiger partial charge in [-0.05, 0) is 59.9 Å². The van der Waals surface area contributed by atoms with Gasteiger partial charge in [-0.1, -0.05) is 101 Å². The molecule has 1 aromatic heterocycles. The second kappa shape index (κ2) is 9.91. The summed E-state index contributed by atoms with van der Waals surface area (Å²) >= 11 is 0. The summed E-state index contributed by atoms with van der Waals surface area (Å²) in [6.45, 7) is 20.0. The molecule has 0 fully saturated rings. The lowest BCUT2D eigenvalue weighted by molar-refractivity contribution is 0.136. The minimum atomic E-state index is -0.339. The molecular weight excluding hydrogens is 500 g/mol. The lowest BCUT2D eigenvalue weighted by atomic mass is 9.65. The van der Waals surface area contributed by atoms with Crippen molar-refractivity contribution < 1.29 is 4.42 Å². The van der Waals surface area contributed by atoms with Crippen molar-refractivity contribution in [1.82, 2.24) is 5.32 Å². The summed E-state index contributed by atoms with van der Waals surface area (Å²) in [5.74, 6) is 0.954. The quantitative estimate of drug-likeness (QED) is 0.126. The van der Waals surface area contributed by atoms with Gasteiger partial charge in [0.1, 0.15) is 11.2 Å². The van der Waals surface area contributed by atoms with E-state index >= 15 is 0 Å². The van der Waals surface area contributed by atoms with Crippen LogP contribution in [-0.2, 0) is 0 Å². The van der Waals surface area contributed by atoms with Crippen molar-refractivity contribution in [3.05, 3.63) is 90.5 Å². The molecule has 210 valence electrons. The molecule has 1 aliphatic heterocycles. The maximum absolute atomic E-state index is 6.92. The van der Waals surface area contributed by atoms with Gasteiger partial charge in [0.2, 0.25) is 0 Å². The van der Waals surface area contributed by atoms with Crippen LogP contribution in [0.25, 0.3) is 49.2 Å². The molecule has 0 spiro atoms. The SMILES string of the molecule is C=CCC(C)(N=CC(C)C(C)C)C(C)(C)C1N/C(=C\C)c2c1ccc1c2oc2c1ccc1ccc3ccccc3c12. The van der Waals surface area contributed by atoms with Crippen LogP contribution in [0.4, 0.5) is 0 Å². The zero-order valence-corrected chi connectivity index (χ0v) is 25.5. The van der Waals surface area contributed by atoms with Gasteiger partial charge in [0, 0.05) is 39.0 Å². The first kappa shape index (κ1) is 27.3. The van der Waals surface area contributed by atoms with Crippen molar-refractivity contribution in [1.29, 1.82) is 0 Å². The Labute approximate surface area is 244 Å². The number of aliphatic imine (C=N–C) groups is 1. The van der Waals surface area contributed by atoms with E-state index in [4.69, 9.17) is 9.41 Å². The van der Waals surface area contributed by atoms with Gasteiger partial charge >= 0.3 is 0 Å². The van der Waals surface area contributed by atoms with Crippen molar-refractivity contribution >= 4 is 55.4 Å². The molecule has 0 saturated carbocycles. The zero-order valence-electron chi connectivity index (χ0n) is 25.5. The average Bonchev–Trinajstić information content (AvgIpc) is 3.54. The maximum Gasteiger partial charge on any atom is 0.145 e. The number of hydrogen-bond acceptors (Lipinski definition) is 3. The minimum Gasteiger partial charge on any atom is -0.455 e. The second-order valence-electron chi connectivity index (χ2n) is 13.0. The molecule has 5 aromatic rings. The number of furan rings is 1. The van der Waals surface area contributed by atoms with Gasteiger partial charge in [-0.3, -0.25) is 4.99 Å². The van der Waals surface area contributed by atoms with Crippen molar-refractivity contribution in [3.63, 3.8) is 0 Å². The molecule has 0 radical (unpaired) electrons. The molecule has 3 unspecified atom stereocenters. The molecule has 4 aromatic carbocycles. The molecule has 2 heterocycles. The maximum atomic E-state index is 6.92. The summed E-state index contributed by atoms with van der Waals surface area (Å²) in [7, 11) is 0. The van der Waals surface area contributed by atoms with Crippen LogP contribution in [0.1, 0.15) is 72.1 Å². The van der Waals surface area contributed by atoms with Crippen LogP contribution >= 0.6 is 0 Å². The van der Waals surface area contributed by atoms with Gasteiger partial charge in [0.25, 0.3) is 0 Å². The van der Waals surface area contributed by atoms with Crippen LogP contribution in [-0.4, -0.2) is 11.8 Å². The second-order valence-corrected chi connectivity index (χ2v) is 13.0. The van der Waals surface area contributed by atoms with Crippen molar-refractivity contribution in [3.8, 4) is 0 Å². The third kappa shape index (κ3) is 4.12. The van der Waals surface area contributed by atoms with Crippen LogP contribution in [0.15, 0.2) is 88.8 Å². The molecular formula is C38H42N2O. The van der Waals surface area contributed by atoms with Crippen LogP contribution in [0.5, 0.6) is 0 Å². The first-order valence-electron chi connectivity index (χ1n) is 15.0. The third-order valence-electron chi connectivity index (χ3n) is 10.0. The number of hydrogen-bond donors (Lipinski definition) is 1. The molecule has 3 nitrogen and oxygen atoms in total. The summed E-state index contributed by atoms with van der Waals surface area (Å²) in [4.78, 5) is 5.29. The van der Waals surface area contributed by atoms with Gasteiger partial charge in [0.15, 0.2) is 0 Å². The van der Waals surface area contributed by atoms with E-state index in [2.05, 4.69) is 133 Å². The van der Waals surface area contributed by atoms with Crippen molar-refractivity contribution in [2.24, 2.45) is 22.2 Å². The summed E-state index contributed by atoms with van der Waals surface area (Å²) in [6.07, 6.45) is 7.17. The standard InChI is InChI=1S/C38H42N2O/c1-9-21-38(8,39-22-24(5)23(3)4)37(6,7)36-30-20-19-29-28-18-17-26-16-15-25-13-11-12-14-27(25)32(26)34(28)41-35(29)33(30)31(10-2)40-36/h9-20,22-24,36,40H,1,21H2,2-8H3/b31-10-,39-22?. The van der Waals surface area contributed by atoms with Gasteiger partial charge in [-0.2, -0.15) is 0 Å². The van der Waals surface area contributed by atoms with Crippen LogP contribution < -0.4 is 5.32 Å². The summed E-state index contributed by atoms with van der Waals surface area (Å²) in [5, 5.41) is 11.1. The molecule has 1 aliphatic rings. The Hall–Kier alpha value is -3.85. The molecule has 3 heteroatoms. The van der Waals surface area contributed by atoms with Crippen LogP contribution in [0, 0.1) is 17.3 Å². The number of nitrogens with zero attached hydrogens (tertiary/aromatic N) is 1. The first-order chi connectivity index (χ1) is 19.6. The highest BCUT2D eigenvalue weighted by molar-refractivity contribution is 6.23. The van der Waals surface area contributed by atoms with Gasteiger partial charge in [-0.25, -0.2) is 0 Å². The highest BCUT2D eigenvalue weighted by Crippen LogP contribution is 2.53. The Morgan fingerprint density at radius 3 is 2.32 bits per heavy atom. The topological polar surface area (TPSA) is 37.5 Å². The Kier molecular flexibility index (Phi) is 6.60. The Morgan fingerprint density at radius 1 is 0.902 bits per heavy atom. The molecule has 41 heavy (non-hydrogen) atoms. The number of nitrogens with one attached hydrogen (secondary N) is 1. The van der Waals surface area contributed by atoms with E-state index in [9.17, 15) is 0 Å². The van der Waals surface area contributed by atoms with Crippen molar-refractivity contribution in [2.75, 3.05) is 0 Å². The minimum absolute atomic E-state index is 0.0651. The number of allylic oxidation sites excluding steroid dienone is 1. The molecule has 0 aliphatic carbocycles. The monoisotopic (exact) mass is 542 g/mol. The van der Waals surface area contributed by atoms with E-state index in [1.54, 1.807) is 0 Å². The number of fused-ring (bicyclic) bond motifs is 9. The largest absolute Gasteiger partial charge is 0.455 e. The Balaban J connectivity index is 1.56. The highest BCUT2D eigenvalue weighted by Gasteiger charge is 2.49. The number of benzene rings is 4. The van der Waals surface area contributed by atoms with Crippen LogP contribution in [0.2, 0.25) is 0 Å². The summed E-state index contributed by atoms with van der Waals surface area (Å²) in [6, 6.07) is 22.1. The van der Waals surface area contributed by atoms with E-state index in [0.29, 0.717) is 11.8 Å². The lowest BCUT2D eigenvalue weighted by Crippen LogP contribution is -2.47. The summed E-state index contributed by atoms with van der Waals surface area (Å²) in [5.41, 5.74) is 4.92. The highest BCUT2D eigenvalue weighted by atomic mass is 16.3. The van der Waals surface area contributed by atoms with Gasteiger partial charge in [0.05, 0.1) is 11.6 Å². The molecule has 0 bridgehead atoms. The van der Waals surface area contributed by atoms with E-state index in [-0.39, 0.29) is 17.0 Å². The van der Waals surface area contributed by atoms with Crippen molar-refractivity contribution in [2.45, 2.75) is 66.5 Å².